The van der Waals surface area contributed by atoms with Gasteiger partial charge in [0.1, 0.15) is 5.75 Å². The average Bonchev–Trinajstić information content (AvgIpc) is 2.69. The van der Waals surface area contributed by atoms with Crippen molar-refractivity contribution in [3.63, 3.8) is 0 Å². The molecule has 0 radical (unpaired) electrons. The van der Waals surface area contributed by atoms with Crippen LogP contribution in [0.4, 0.5) is 5.69 Å². The largest absolute Gasteiger partial charge is 0.439 e. The number of rotatable bonds is 4. The van der Waals surface area contributed by atoms with Crippen LogP contribution in [0.5, 0.6) is 11.6 Å². The normalized spacial score (nSPS) is 17.0. The second kappa shape index (κ2) is 7.49. The molecule has 0 saturated carbocycles. The average molecular weight is 347 g/mol. The number of nitrogens with one attached hydrogen (secondary N) is 1. The molecular formula is C20H21N5O. The summed E-state index contributed by atoms with van der Waals surface area (Å²) < 4.78 is 5.99. The van der Waals surface area contributed by atoms with Gasteiger partial charge in [-0.1, -0.05) is 6.07 Å². The maximum atomic E-state index is 5.99. The molecule has 1 atom stereocenters. The molecule has 0 amide bonds. The van der Waals surface area contributed by atoms with Crippen LogP contribution in [0.1, 0.15) is 24.5 Å². The van der Waals surface area contributed by atoms with Gasteiger partial charge < -0.3 is 15.8 Å². The maximum absolute atomic E-state index is 5.99. The molecule has 0 aliphatic carbocycles. The summed E-state index contributed by atoms with van der Waals surface area (Å²) in [4.78, 5) is 13.5. The van der Waals surface area contributed by atoms with Crippen LogP contribution in [0, 0.1) is 0 Å². The Morgan fingerprint density at radius 2 is 1.96 bits per heavy atom. The number of nitrogens with two attached hydrogens (primary N) is 1. The van der Waals surface area contributed by atoms with Crippen molar-refractivity contribution in [2.24, 2.45) is 0 Å². The Balaban J connectivity index is 1.72. The highest BCUT2D eigenvalue weighted by Crippen LogP contribution is 2.29. The second-order valence-corrected chi connectivity index (χ2v) is 6.41. The van der Waals surface area contributed by atoms with E-state index in [2.05, 4.69) is 15.3 Å². The third-order valence-electron chi connectivity index (χ3n) is 4.46. The molecule has 6 nitrogen and oxygen atoms in total. The zero-order valence-electron chi connectivity index (χ0n) is 14.4. The molecule has 3 aromatic rings. The first kappa shape index (κ1) is 16.5. The van der Waals surface area contributed by atoms with Crippen LogP contribution in [0.3, 0.4) is 0 Å². The summed E-state index contributed by atoms with van der Waals surface area (Å²) >= 11 is 0. The zero-order valence-corrected chi connectivity index (χ0v) is 14.4. The van der Waals surface area contributed by atoms with Crippen LogP contribution in [0.2, 0.25) is 0 Å². The van der Waals surface area contributed by atoms with E-state index in [1.807, 2.05) is 36.4 Å². The van der Waals surface area contributed by atoms with E-state index in [-0.39, 0.29) is 0 Å². The van der Waals surface area contributed by atoms with Crippen molar-refractivity contribution in [1.29, 1.82) is 0 Å². The van der Waals surface area contributed by atoms with Crippen LogP contribution in [0.25, 0.3) is 11.4 Å². The number of nitrogen functional groups attached to an aromatic ring is 1. The molecule has 1 unspecified atom stereocenters. The number of pyridine rings is 1. The number of hydrogen-bond acceptors (Lipinski definition) is 6. The Morgan fingerprint density at radius 3 is 2.73 bits per heavy atom. The molecule has 6 heteroatoms. The smallest absolute Gasteiger partial charge is 0.223 e. The lowest BCUT2D eigenvalue weighted by Gasteiger charge is -2.23. The molecule has 3 N–H and O–H groups in total. The van der Waals surface area contributed by atoms with Crippen LogP contribution < -0.4 is 15.8 Å². The molecule has 1 aliphatic heterocycles. The molecule has 26 heavy (non-hydrogen) atoms. The molecular weight excluding hydrogens is 326 g/mol. The van der Waals surface area contributed by atoms with Gasteiger partial charge >= 0.3 is 0 Å². The summed E-state index contributed by atoms with van der Waals surface area (Å²) in [5, 5.41) is 3.44. The molecule has 0 spiro atoms. The molecule has 132 valence electrons. The predicted octanol–water partition coefficient (Wildman–Crippen LogP) is 3.38. The van der Waals surface area contributed by atoms with Crippen molar-refractivity contribution in [3.8, 4) is 23.0 Å². The Hall–Kier alpha value is -2.99. The first-order valence-corrected chi connectivity index (χ1v) is 8.81. The summed E-state index contributed by atoms with van der Waals surface area (Å²) in [5.41, 5.74) is 8.42. The van der Waals surface area contributed by atoms with Gasteiger partial charge in [0.25, 0.3) is 0 Å². The Labute approximate surface area is 152 Å². The molecule has 1 saturated heterocycles. The van der Waals surface area contributed by atoms with E-state index in [0.29, 0.717) is 29.1 Å². The summed E-state index contributed by atoms with van der Waals surface area (Å²) in [6.07, 6.45) is 5.74. The second-order valence-electron chi connectivity index (χ2n) is 6.41. The van der Waals surface area contributed by atoms with Gasteiger partial charge in [0.05, 0.1) is 5.69 Å². The van der Waals surface area contributed by atoms with Crippen molar-refractivity contribution in [1.82, 2.24) is 20.3 Å². The number of nitrogens with zero attached hydrogens (tertiary/aromatic N) is 3. The first-order chi connectivity index (χ1) is 12.8. The van der Waals surface area contributed by atoms with Gasteiger partial charge in [0, 0.05) is 48.2 Å². The molecule has 0 bridgehead atoms. The monoisotopic (exact) mass is 347 g/mol. The van der Waals surface area contributed by atoms with Crippen LogP contribution in [-0.4, -0.2) is 28.0 Å². The SMILES string of the molecule is Nc1cccc(Oc2cc(C3CCCNC3)nc(-c3ccncc3)n2)c1. The molecule has 1 fully saturated rings. The molecule has 2 aromatic heterocycles. The number of hydrogen-bond donors (Lipinski definition) is 2. The minimum atomic E-state index is 0.357. The Morgan fingerprint density at radius 1 is 1.08 bits per heavy atom. The standard InChI is InChI=1S/C20H21N5O/c21-16-4-1-5-17(11-16)26-19-12-18(15-3-2-8-23-13-15)24-20(25-19)14-6-9-22-10-7-14/h1,4-7,9-12,15,23H,2-3,8,13,21H2. The van der Waals surface area contributed by atoms with Gasteiger partial charge in [-0.25, -0.2) is 4.98 Å². The van der Waals surface area contributed by atoms with Crippen molar-refractivity contribution in [3.05, 3.63) is 60.6 Å². The summed E-state index contributed by atoms with van der Waals surface area (Å²) in [7, 11) is 0. The number of anilines is 1. The lowest BCUT2D eigenvalue weighted by molar-refractivity contribution is 0.440. The van der Waals surface area contributed by atoms with Crippen LogP contribution >= 0.6 is 0 Å². The number of aromatic nitrogens is 3. The number of ether oxygens (including phenoxy) is 1. The molecule has 4 rings (SSSR count). The minimum absolute atomic E-state index is 0.357. The third kappa shape index (κ3) is 3.81. The zero-order chi connectivity index (χ0) is 17.8. The molecule has 1 aromatic carbocycles. The highest BCUT2D eigenvalue weighted by atomic mass is 16.5. The van der Waals surface area contributed by atoms with Gasteiger partial charge in [-0.15, -0.1) is 0 Å². The lowest BCUT2D eigenvalue weighted by Crippen LogP contribution is -2.29. The van der Waals surface area contributed by atoms with Gasteiger partial charge in [-0.3, -0.25) is 4.98 Å². The molecule has 3 heterocycles. The van der Waals surface area contributed by atoms with Crippen molar-refractivity contribution in [2.45, 2.75) is 18.8 Å². The number of benzene rings is 1. The van der Waals surface area contributed by atoms with Gasteiger partial charge in [0.15, 0.2) is 5.82 Å². The van der Waals surface area contributed by atoms with E-state index >= 15 is 0 Å². The quantitative estimate of drug-likeness (QED) is 0.704. The summed E-state index contributed by atoms with van der Waals surface area (Å²) in [6.45, 7) is 1.98. The molecule has 1 aliphatic rings. The maximum Gasteiger partial charge on any atom is 0.223 e. The van der Waals surface area contributed by atoms with E-state index in [9.17, 15) is 0 Å². The summed E-state index contributed by atoms with van der Waals surface area (Å²) in [5.74, 6) is 2.19. The Kier molecular flexibility index (Phi) is 4.75. The number of piperidine rings is 1. The Bertz CT molecular complexity index is 878. The van der Waals surface area contributed by atoms with E-state index in [1.54, 1.807) is 18.5 Å². The highest BCUT2D eigenvalue weighted by Gasteiger charge is 2.19. The summed E-state index contributed by atoms with van der Waals surface area (Å²) in [6, 6.07) is 13.1. The lowest BCUT2D eigenvalue weighted by atomic mass is 9.96. The first-order valence-electron chi connectivity index (χ1n) is 8.81. The van der Waals surface area contributed by atoms with Gasteiger partial charge in [-0.2, -0.15) is 4.98 Å². The van der Waals surface area contributed by atoms with Crippen molar-refractivity contribution >= 4 is 5.69 Å². The van der Waals surface area contributed by atoms with E-state index in [4.69, 9.17) is 15.5 Å². The highest BCUT2D eigenvalue weighted by molar-refractivity contribution is 5.55. The van der Waals surface area contributed by atoms with E-state index in [0.717, 1.165) is 37.2 Å². The fourth-order valence-corrected chi connectivity index (χ4v) is 3.14. The van der Waals surface area contributed by atoms with Crippen LogP contribution in [0.15, 0.2) is 54.9 Å². The third-order valence-corrected chi connectivity index (χ3v) is 4.46. The topological polar surface area (TPSA) is 86.0 Å². The van der Waals surface area contributed by atoms with Crippen molar-refractivity contribution < 1.29 is 4.74 Å². The predicted molar refractivity (Wildman–Crippen MR) is 101 cm³/mol. The van der Waals surface area contributed by atoms with E-state index < -0.39 is 0 Å². The fourth-order valence-electron chi connectivity index (χ4n) is 3.14. The van der Waals surface area contributed by atoms with Crippen molar-refractivity contribution in [2.75, 3.05) is 18.8 Å². The van der Waals surface area contributed by atoms with Crippen LogP contribution in [-0.2, 0) is 0 Å². The minimum Gasteiger partial charge on any atom is -0.439 e. The van der Waals surface area contributed by atoms with E-state index in [1.165, 1.54) is 0 Å². The van der Waals surface area contributed by atoms with Gasteiger partial charge in [0.2, 0.25) is 5.88 Å². The fraction of sp³-hybridized carbons (Fsp3) is 0.250. The van der Waals surface area contributed by atoms with Gasteiger partial charge in [-0.05, 0) is 43.7 Å².